The van der Waals surface area contributed by atoms with Gasteiger partial charge < -0.3 is 19.0 Å². The number of carbonyl (C=O) groups excluding carboxylic acids is 2. The normalized spacial score (nSPS) is 15.3. The van der Waals surface area contributed by atoms with E-state index in [2.05, 4.69) is 42.8 Å². The predicted molar refractivity (Wildman–Crippen MR) is 121 cm³/mol. The molecule has 1 fully saturated rings. The van der Waals surface area contributed by atoms with Crippen molar-refractivity contribution in [3.63, 3.8) is 0 Å². The molecule has 1 aromatic heterocycles. The number of benzene rings is 1. The van der Waals surface area contributed by atoms with Crippen LogP contribution < -0.4 is 4.74 Å². The molecule has 1 aromatic carbocycles. The van der Waals surface area contributed by atoms with E-state index in [-0.39, 0.29) is 11.8 Å². The molecule has 1 unspecified atom stereocenters. The fraction of sp³-hybridized carbons (Fsp3) is 0.542. The van der Waals surface area contributed by atoms with E-state index in [1.54, 1.807) is 23.8 Å². The molecule has 0 radical (unpaired) electrons. The minimum absolute atomic E-state index is 0.0389. The van der Waals surface area contributed by atoms with Gasteiger partial charge >= 0.3 is 0 Å². The Morgan fingerprint density at radius 3 is 2.25 bits per heavy atom. The van der Waals surface area contributed by atoms with Crippen LogP contribution in [0.25, 0.3) is 0 Å². The summed E-state index contributed by atoms with van der Waals surface area (Å²) < 4.78 is 10.9. The first-order chi connectivity index (χ1) is 15.3. The smallest absolute Gasteiger partial charge is 0.275 e. The molecule has 0 aliphatic carbocycles. The molecule has 1 atom stereocenters. The summed E-state index contributed by atoms with van der Waals surface area (Å²) in [6.07, 6.45) is 1.45. The number of carbonyl (C=O) groups is 2. The molecular formula is C24H34N4O4. The van der Waals surface area contributed by atoms with Gasteiger partial charge in [-0.25, -0.2) is 4.98 Å². The third-order valence-electron chi connectivity index (χ3n) is 6.21. The van der Waals surface area contributed by atoms with Gasteiger partial charge in [0.15, 0.2) is 5.69 Å². The number of oxazole rings is 1. The van der Waals surface area contributed by atoms with Gasteiger partial charge in [0, 0.05) is 45.7 Å². The monoisotopic (exact) mass is 442 g/mol. The van der Waals surface area contributed by atoms with E-state index < -0.39 is 0 Å². The number of piperazine rings is 1. The Morgan fingerprint density at radius 1 is 1.06 bits per heavy atom. The first-order valence-electron chi connectivity index (χ1n) is 11.1. The minimum atomic E-state index is -0.151. The molecule has 1 saturated heterocycles. The van der Waals surface area contributed by atoms with Gasteiger partial charge in [-0.3, -0.25) is 14.5 Å². The van der Waals surface area contributed by atoms with Gasteiger partial charge in [0.05, 0.1) is 13.7 Å². The van der Waals surface area contributed by atoms with Crippen molar-refractivity contribution in [1.29, 1.82) is 0 Å². The van der Waals surface area contributed by atoms with E-state index in [1.807, 2.05) is 12.1 Å². The Kier molecular flexibility index (Phi) is 7.90. The maximum Gasteiger partial charge on any atom is 0.275 e. The lowest BCUT2D eigenvalue weighted by Crippen LogP contribution is -2.50. The molecule has 174 valence electrons. The molecular weight excluding hydrogens is 408 g/mol. The SMILES string of the molecule is COc1ccc(CN(Cc2nc(C(=O)N3CCN(C(C)=O)CC3)co2)C(C)C(C)C)cc1. The fourth-order valence-electron chi connectivity index (χ4n) is 3.77. The summed E-state index contributed by atoms with van der Waals surface area (Å²) in [5.41, 5.74) is 1.49. The van der Waals surface area contributed by atoms with E-state index in [0.29, 0.717) is 56.3 Å². The third-order valence-corrected chi connectivity index (χ3v) is 6.21. The molecule has 32 heavy (non-hydrogen) atoms. The van der Waals surface area contributed by atoms with Crippen LogP contribution in [-0.4, -0.2) is 70.8 Å². The molecule has 8 nitrogen and oxygen atoms in total. The van der Waals surface area contributed by atoms with Crippen molar-refractivity contribution in [2.45, 2.75) is 46.8 Å². The topological polar surface area (TPSA) is 79.1 Å². The summed E-state index contributed by atoms with van der Waals surface area (Å²) >= 11 is 0. The molecule has 3 rings (SSSR count). The van der Waals surface area contributed by atoms with Crippen LogP contribution in [0.15, 0.2) is 34.9 Å². The summed E-state index contributed by atoms with van der Waals surface area (Å²) in [7, 11) is 1.66. The number of hydrogen-bond acceptors (Lipinski definition) is 6. The highest BCUT2D eigenvalue weighted by molar-refractivity contribution is 5.92. The van der Waals surface area contributed by atoms with Crippen LogP contribution in [0.1, 0.15) is 49.6 Å². The number of amides is 2. The van der Waals surface area contributed by atoms with E-state index in [4.69, 9.17) is 9.15 Å². The van der Waals surface area contributed by atoms with Crippen molar-refractivity contribution in [1.82, 2.24) is 19.7 Å². The zero-order chi connectivity index (χ0) is 23.3. The zero-order valence-electron chi connectivity index (χ0n) is 19.7. The van der Waals surface area contributed by atoms with Crippen LogP contribution in [0.5, 0.6) is 5.75 Å². The van der Waals surface area contributed by atoms with Crippen LogP contribution in [0.2, 0.25) is 0 Å². The number of hydrogen-bond donors (Lipinski definition) is 0. The van der Waals surface area contributed by atoms with E-state index >= 15 is 0 Å². The van der Waals surface area contributed by atoms with Crippen LogP contribution in [0.3, 0.4) is 0 Å². The minimum Gasteiger partial charge on any atom is -0.497 e. The lowest BCUT2D eigenvalue weighted by atomic mass is 10.0. The van der Waals surface area contributed by atoms with Crippen LogP contribution in [0.4, 0.5) is 0 Å². The second-order valence-electron chi connectivity index (χ2n) is 8.66. The number of ether oxygens (including phenoxy) is 1. The third kappa shape index (κ3) is 5.88. The predicted octanol–water partition coefficient (Wildman–Crippen LogP) is 3.03. The van der Waals surface area contributed by atoms with Gasteiger partial charge in [-0.05, 0) is 30.5 Å². The average Bonchev–Trinajstić information content (AvgIpc) is 3.26. The molecule has 1 aliphatic heterocycles. The van der Waals surface area contributed by atoms with Crippen molar-refractivity contribution < 1.29 is 18.7 Å². The van der Waals surface area contributed by atoms with Crippen molar-refractivity contribution in [3.8, 4) is 5.75 Å². The Labute approximate surface area is 190 Å². The molecule has 1 aliphatic rings. The largest absolute Gasteiger partial charge is 0.497 e. The van der Waals surface area contributed by atoms with Crippen molar-refractivity contribution in [2.75, 3.05) is 33.3 Å². The molecule has 2 heterocycles. The molecule has 8 heteroatoms. The second-order valence-corrected chi connectivity index (χ2v) is 8.66. The Bertz CT molecular complexity index is 901. The van der Waals surface area contributed by atoms with Gasteiger partial charge in [-0.1, -0.05) is 26.0 Å². The van der Waals surface area contributed by atoms with Crippen molar-refractivity contribution in [3.05, 3.63) is 47.7 Å². The Balaban J connectivity index is 1.66. The van der Waals surface area contributed by atoms with Gasteiger partial charge in [0.2, 0.25) is 11.8 Å². The van der Waals surface area contributed by atoms with Gasteiger partial charge in [0.1, 0.15) is 12.0 Å². The second kappa shape index (κ2) is 10.6. The summed E-state index contributed by atoms with van der Waals surface area (Å²) in [5, 5.41) is 0. The highest BCUT2D eigenvalue weighted by atomic mass is 16.5. The maximum atomic E-state index is 12.8. The summed E-state index contributed by atoms with van der Waals surface area (Å²) in [5.74, 6) is 1.69. The summed E-state index contributed by atoms with van der Waals surface area (Å²) in [6.45, 7) is 11.5. The molecule has 2 amide bonds. The van der Waals surface area contributed by atoms with Gasteiger partial charge in [0.25, 0.3) is 5.91 Å². The molecule has 2 aromatic rings. The zero-order valence-corrected chi connectivity index (χ0v) is 19.7. The first kappa shape index (κ1) is 23.8. The van der Waals surface area contributed by atoms with Crippen molar-refractivity contribution in [2.24, 2.45) is 5.92 Å². The Hall–Kier alpha value is -2.87. The Morgan fingerprint density at radius 2 is 1.69 bits per heavy atom. The summed E-state index contributed by atoms with van der Waals surface area (Å²) in [4.78, 5) is 34.6. The van der Waals surface area contributed by atoms with E-state index in [0.717, 1.165) is 12.3 Å². The van der Waals surface area contributed by atoms with Crippen LogP contribution in [0, 0.1) is 5.92 Å². The van der Waals surface area contributed by atoms with Crippen molar-refractivity contribution >= 4 is 11.8 Å². The fourth-order valence-corrected chi connectivity index (χ4v) is 3.77. The highest BCUT2D eigenvalue weighted by Crippen LogP contribution is 2.20. The van der Waals surface area contributed by atoms with E-state index in [9.17, 15) is 9.59 Å². The number of methoxy groups -OCH3 is 1. The van der Waals surface area contributed by atoms with E-state index in [1.165, 1.54) is 11.8 Å². The highest BCUT2D eigenvalue weighted by Gasteiger charge is 2.26. The number of rotatable bonds is 8. The maximum absolute atomic E-state index is 12.8. The molecule has 0 N–H and O–H groups in total. The molecule has 0 saturated carbocycles. The lowest BCUT2D eigenvalue weighted by molar-refractivity contribution is -0.130. The first-order valence-corrected chi connectivity index (χ1v) is 11.1. The number of nitrogens with zero attached hydrogens (tertiary/aromatic N) is 4. The standard InChI is InChI=1S/C24H34N4O4/c1-17(2)18(3)28(14-20-6-8-21(31-5)9-7-20)15-23-25-22(16-32-23)24(30)27-12-10-26(11-13-27)19(4)29/h6-9,16-18H,10-15H2,1-5H3. The lowest BCUT2D eigenvalue weighted by Gasteiger charge is -2.33. The number of aromatic nitrogens is 1. The summed E-state index contributed by atoms with van der Waals surface area (Å²) in [6, 6.07) is 8.33. The van der Waals surface area contributed by atoms with Crippen LogP contribution >= 0.6 is 0 Å². The van der Waals surface area contributed by atoms with Crippen LogP contribution in [-0.2, 0) is 17.9 Å². The quantitative estimate of drug-likeness (QED) is 0.625. The molecule has 0 bridgehead atoms. The van der Waals surface area contributed by atoms with Gasteiger partial charge in [-0.15, -0.1) is 0 Å². The van der Waals surface area contributed by atoms with Gasteiger partial charge in [-0.2, -0.15) is 0 Å². The molecule has 0 spiro atoms. The average molecular weight is 443 g/mol.